The Balaban J connectivity index is 2.63. The van der Waals surface area contributed by atoms with Gasteiger partial charge in [0, 0.05) is 0 Å². The highest BCUT2D eigenvalue weighted by Gasteiger charge is 2.38. The lowest BCUT2D eigenvalue weighted by Gasteiger charge is -2.35. The molecule has 22 heavy (non-hydrogen) atoms. The Hall–Kier alpha value is 0.314. The van der Waals surface area contributed by atoms with Gasteiger partial charge >= 0.3 is 0 Å². The second kappa shape index (κ2) is 9.57. The SMILES string of the molecule is CC[Si](CC)(CC)OC[C@H]1NCC[C@@H]1O[Si](CC)(CC)CC. The summed E-state index contributed by atoms with van der Waals surface area (Å²) < 4.78 is 13.3. The van der Waals surface area contributed by atoms with E-state index < -0.39 is 16.6 Å². The van der Waals surface area contributed by atoms with E-state index in [1.807, 2.05) is 0 Å². The van der Waals surface area contributed by atoms with Crippen LogP contribution in [0.15, 0.2) is 0 Å². The molecule has 0 bridgehead atoms. The van der Waals surface area contributed by atoms with Gasteiger partial charge in [-0.1, -0.05) is 41.5 Å². The minimum absolute atomic E-state index is 0.379. The summed E-state index contributed by atoms with van der Waals surface area (Å²) in [5, 5.41) is 3.64. The minimum atomic E-state index is -1.51. The van der Waals surface area contributed by atoms with Crippen LogP contribution in [-0.4, -0.2) is 41.9 Å². The number of nitrogens with one attached hydrogen (secondary N) is 1. The molecular formula is C17H39NO2Si2. The average molecular weight is 346 g/mol. The molecule has 0 aliphatic carbocycles. The zero-order valence-electron chi connectivity index (χ0n) is 15.8. The average Bonchev–Trinajstić information content (AvgIpc) is 3.01. The molecular weight excluding hydrogens is 306 g/mol. The van der Waals surface area contributed by atoms with E-state index in [9.17, 15) is 0 Å². The maximum atomic E-state index is 6.74. The number of hydrogen-bond acceptors (Lipinski definition) is 3. The van der Waals surface area contributed by atoms with Crippen molar-refractivity contribution in [3.05, 3.63) is 0 Å². The molecule has 0 aromatic carbocycles. The van der Waals surface area contributed by atoms with E-state index >= 15 is 0 Å². The van der Waals surface area contributed by atoms with Crippen molar-refractivity contribution in [2.45, 2.75) is 96.4 Å². The third kappa shape index (κ3) is 4.90. The summed E-state index contributed by atoms with van der Waals surface area (Å²) in [7, 11) is -2.99. The Labute approximate surface area is 140 Å². The van der Waals surface area contributed by atoms with Crippen molar-refractivity contribution < 1.29 is 8.85 Å². The van der Waals surface area contributed by atoms with E-state index in [0.29, 0.717) is 12.1 Å². The van der Waals surface area contributed by atoms with E-state index in [1.54, 1.807) is 0 Å². The van der Waals surface area contributed by atoms with E-state index in [-0.39, 0.29) is 0 Å². The fourth-order valence-electron chi connectivity index (χ4n) is 3.69. The maximum absolute atomic E-state index is 6.74. The molecule has 0 unspecified atom stereocenters. The summed E-state index contributed by atoms with van der Waals surface area (Å²) in [6, 6.07) is 7.82. The molecule has 5 heteroatoms. The molecule has 132 valence electrons. The van der Waals surface area contributed by atoms with Gasteiger partial charge in [0.25, 0.3) is 0 Å². The predicted octanol–water partition coefficient (Wildman–Crippen LogP) is 4.76. The first-order valence-electron chi connectivity index (χ1n) is 9.59. The zero-order chi connectivity index (χ0) is 16.6. The Morgan fingerprint density at radius 2 is 1.32 bits per heavy atom. The smallest absolute Gasteiger partial charge is 0.192 e. The van der Waals surface area contributed by atoms with E-state index in [0.717, 1.165) is 19.6 Å². The van der Waals surface area contributed by atoms with Gasteiger partial charge in [-0.05, 0) is 49.2 Å². The van der Waals surface area contributed by atoms with Crippen molar-refractivity contribution in [1.29, 1.82) is 0 Å². The predicted molar refractivity (Wildman–Crippen MR) is 102 cm³/mol. The highest BCUT2D eigenvalue weighted by Crippen LogP contribution is 2.28. The van der Waals surface area contributed by atoms with Crippen LogP contribution in [0, 0.1) is 0 Å². The van der Waals surface area contributed by atoms with Gasteiger partial charge in [0.05, 0.1) is 18.8 Å². The quantitative estimate of drug-likeness (QED) is 0.548. The minimum Gasteiger partial charge on any atom is -0.415 e. The van der Waals surface area contributed by atoms with Crippen LogP contribution in [0.25, 0.3) is 0 Å². The van der Waals surface area contributed by atoms with E-state index in [4.69, 9.17) is 8.85 Å². The van der Waals surface area contributed by atoms with Crippen LogP contribution in [0.3, 0.4) is 0 Å². The molecule has 3 nitrogen and oxygen atoms in total. The van der Waals surface area contributed by atoms with Crippen molar-refractivity contribution in [2.75, 3.05) is 13.2 Å². The molecule has 0 saturated carbocycles. The van der Waals surface area contributed by atoms with Crippen LogP contribution < -0.4 is 5.32 Å². The Morgan fingerprint density at radius 3 is 1.77 bits per heavy atom. The van der Waals surface area contributed by atoms with Gasteiger partial charge in [0.1, 0.15) is 0 Å². The lowest BCUT2D eigenvalue weighted by molar-refractivity contribution is 0.134. The third-order valence-corrected chi connectivity index (χ3v) is 15.4. The molecule has 1 fully saturated rings. The second-order valence-corrected chi connectivity index (χ2v) is 16.3. The van der Waals surface area contributed by atoms with Gasteiger partial charge < -0.3 is 14.2 Å². The summed E-state index contributed by atoms with van der Waals surface area (Å²) in [5.74, 6) is 0. The van der Waals surface area contributed by atoms with Gasteiger partial charge in [-0.25, -0.2) is 0 Å². The summed E-state index contributed by atoms with van der Waals surface area (Å²) in [6.07, 6.45) is 1.53. The van der Waals surface area contributed by atoms with Gasteiger partial charge in [-0.2, -0.15) is 0 Å². The molecule has 1 saturated heterocycles. The molecule has 0 spiro atoms. The lowest BCUT2D eigenvalue weighted by Crippen LogP contribution is -2.48. The molecule has 2 atom stereocenters. The fraction of sp³-hybridized carbons (Fsp3) is 1.00. The van der Waals surface area contributed by atoms with Crippen molar-refractivity contribution in [3.8, 4) is 0 Å². The standard InChI is InChI=1S/C17H39NO2Si2/c1-7-21(8-2,9-3)19-15-16-17(13-14-18-16)20-22(10-4,11-5)12-6/h16-18H,7-15H2,1-6H3/t16-,17+/m1/s1. The molecule has 1 aliphatic heterocycles. The molecule has 0 aromatic rings. The van der Waals surface area contributed by atoms with Crippen molar-refractivity contribution in [2.24, 2.45) is 0 Å². The van der Waals surface area contributed by atoms with Crippen molar-refractivity contribution >= 4 is 16.6 Å². The van der Waals surface area contributed by atoms with Crippen LogP contribution >= 0.6 is 0 Å². The van der Waals surface area contributed by atoms with Crippen LogP contribution in [0.2, 0.25) is 36.3 Å². The Morgan fingerprint density at radius 1 is 0.818 bits per heavy atom. The summed E-state index contributed by atoms with van der Waals surface area (Å²) >= 11 is 0. The fourth-order valence-corrected chi connectivity index (χ4v) is 9.26. The Bertz CT molecular complexity index is 291. The van der Waals surface area contributed by atoms with Crippen LogP contribution in [0.1, 0.15) is 48.0 Å². The lowest BCUT2D eigenvalue weighted by atomic mass is 10.2. The molecule has 0 aromatic heterocycles. The van der Waals surface area contributed by atoms with E-state index in [2.05, 4.69) is 46.9 Å². The zero-order valence-corrected chi connectivity index (χ0v) is 17.8. The highest BCUT2D eigenvalue weighted by molar-refractivity contribution is 6.74. The van der Waals surface area contributed by atoms with Gasteiger partial charge in [0.15, 0.2) is 16.6 Å². The van der Waals surface area contributed by atoms with Crippen molar-refractivity contribution in [3.63, 3.8) is 0 Å². The summed E-state index contributed by atoms with van der Waals surface area (Å²) in [6.45, 7) is 15.8. The van der Waals surface area contributed by atoms with Crippen LogP contribution in [-0.2, 0) is 8.85 Å². The van der Waals surface area contributed by atoms with Gasteiger partial charge in [0.2, 0.25) is 0 Å². The van der Waals surface area contributed by atoms with Crippen LogP contribution in [0.4, 0.5) is 0 Å². The second-order valence-electron chi connectivity index (χ2n) is 6.80. The molecule has 1 heterocycles. The first kappa shape index (κ1) is 20.4. The molecule has 1 rings (SSSR count). The molecule has 0 amide bonds. The number of rotatable bonds is 11. The first-order valence-corrected chi connectivity index (χ1v) is 14.6. The summed E-state index contributed by atoms with van der Waals surface area (Å²) in [5.41, 5.74) is 0. The topological polar surface area (TPSA) is 30.5 Å². The van der Waals surface area contributed by atoms with Gasteiger partial charge in [-0.15, -0.1) is 0 Å². The summed E-state index contributed by atoms with van der Waals surface area (Å²) in [4.78, 5) is 0. The largest absolute Gasteiger partial charge is 0.415 e. The Kier molecular flexibility index (Phi) is 8.86. The molecule has 0 radical (unpaired) electrons. The van der Waals surface area contributed by atoms with Gasteiger partial charge in [-0.3, -0.25) is 0 Å². The monoisotopic (exact) mass is 345 g/mol. The van der Waals surface area contributed by atoms with Crippen LogP contribution in [0.5, 0.6) is 0 Å². The molecule has 1 N–H and O–H groups in total. The maximum Gasteiger partial charge on any atom is 0.192 e. The number of hydrogen-bond donors (Lipinski definition) is 1. The normalized spacial score (nSPS) is 23.2. The molecule has 1 aliphatic rings. The first-order chi connectivity index (χ1) is 10.5. The highest BCUT2D eigenvalue weighted by atomic mass is 28.4. The van der Waals surface area contributed by atoms with Crippen molar-refractivity contribution in [1.82, 2.24) is 5.32 Å². The van der Waals surface area contributed by atoms with E-state index in [1.165, 1.54) is 36.3 Å². The third-order valence-electron chi connectivity index (χ3n) is 6.12.